The van der Waals surface area contributed by atoms with Gasteiger partial charge in [-0.3, -0.25) is 9.59 Å². The van der Waals surface area contributed by atoms with Gasteiger partial charge in [-0.05, 0) is 18.4 Å². The topological polar surface area (TPSA) is 83.8 Å². The maximum absolute atomic E-state index is 11.9. The van der Waals surface area contributed by atoms with E-state index in [9.17, 15) is 19.8 Å². The molecule has 0 fully saturated rings. The summed E-state index contributed by atoms with van der Waals surface area (Å²) < 4.78 is 4.57. The smallest absolute Gasteiger partial charge is 0.305 e. The van der Waals surface area contributed by atoms with E-state index >= 15 is 0 Å². The number of hydrogen-bond acceptors (Lipinski definition) is 5. The van der Waals surface area contributed by atoms with E-state index in [0.29, 0.717) is 17.6 Å². The molecule has 0 bridgehead atoms. The molecule has 0 spiro atoms. The lowest BCUT2D eigenvalue weighted by Crippen LogP contribution is -2.06. The van der Waals surface area contributed by atoms with E-state index in [-0.39, 0.29) is 31.0 Å². The lowest BCUT2D eigenvalue weighted by Gasteiger charge is -2.08. The van der Waals surface area contributed by atoms with Crippen LogP contribution in [0.25, 0.3) is 0 Å². The summed E-state index contributed by atoms with van der Waals surface area (Å²) in [6, 6.07) is 0. The molecular formula is C17H26O5. The summed E-state index contributed by atoms with van der Waals surface area (Å²) in [4.78, 5) is 23.1. The van der Waals surface area contributed by atoms with Crippen molar-refractivity contribution in [2.75, 3.05) is 7.11 Å². The van der Waals surface area contributed by atoms with E-state index in [1.807, 2.05) is 0 Å². The molecule has 22 heavy (non-hydrogen) atoms. The second-order valence-electron chi connectivity index (χ2n) is 5.58. The minimum atomic E-state index is -0.848. The van der Waals surface area contributed by atoms with Crippen LogP contribution in [0, 0.1) is 0 Å². The second-order valence-corrected chi connectivity index (χ2v) is 5.58. The third-order valence-corrected chi connectivity index (χ3v) is 3.83. The molecule has 0 aromatic heterocycles. The van der Waals surface area contributed by atoms with E-state index in [4.69, 9.17) is 0 Å². The number of aliphatic hydroxyl groups excluding tert-OH is 2. The number of carbonyl (C=O) groups is 2. The number of rotatable bonds is 9. The standard InChI is InChI=1S/C17H26O5/c1-3-4-5-6-12(18)7-8-13-14(9-10-17(21)22-2)16(20)11-15(13)19/h7-8,12,15,18-19H,3-6,9-11H2,1-2H3. The van der Waals surface area contributed by atoms with Gasteiger partial charge < -0.3 is 14.9 Å². The highest BCUT2D eigenvalue weighted by molar-refractivity contribution is 6.00. The molecule has 5 heteroatoms. The second kappa shape index (κ2) is 9.54. The molecule has 0 saturated carbocycles. The zero-order valence-corrected chi connectivity index (χ0v) is 13.4. The van der Waals surface area contributed by atoms with E-state index in [0.717, 1.165) is 19.3 Å². The monoisotopic (exact) mass is 310 g/mol. The fraction of sp³-hybridized carbons (Fsp3) is 0.647. The molecule has 5 nitrogen and oxygen atoms in total. The fourth-order valence-electron chi connectivity index (χ4n) is 2.51. The first kappa shape index (κ1) is 18.6. The van der Waals surface area contributed by atoms with Crippen LogP contribution in [0.15, 0.2) is 23.3 Å². The molecule has 1 rings (SSSR count). The molecular weight excluding hydrogens is 284 g/mol. The van der Waals surface area contributed by atoms with Gasteiger partial charge in [0.25, 0.3) is 0 Å². The van der Waals surface area contributed by atoms with Crippen LogP contribution >= 0.6 is 0 Å². The van der Waals surface area contributed by atoms with Crippen molar-refractivity contribution in [3.8, 4) is 0 Å². The summed E-state index contributed by atoms with van der Waals surface area (Å²) in [5.41, 5.74) is 0.985. The van der Waals surface area contributed by atoms with Gasteiger partial charge in [-0.2, -0.15) is 0 Å². The van der Waals surface area contributed by atoms with Gasteiger partial charge in [0.2, 0.25) is 0 Å². The number of ketones is 1. The molecule has 0 aromatic carbocycles. The normalized spacial score (nSPS) is 20.0. The molecule has 0 saturated heterocycles. The first-order valence-electron chi connectivity index (χ1n) is 7.87. The Morgan fingerprint density at radius 1 is 1.45 bits per heavy atom. The lowest BCUT2D eigenvalue weighted by molar-refractivity contribution is -0.140. The van der Waals surface area contributed by atoms with Gasteiger partial charge in [-0.25, -0.2) is 0 Å². The van der Waals surface area contributed by atoms with Gasteiger partial charge >= 0.3 is 5.97 Å². The Bertz CT molecular complexity index is 450. The minimum Gasteiger partial charge on any atom is -0.469 e. The van der Waals surface area contributed by atoms with Crippen molar-refractivity contribution in [2.24, 2.45) is 0 Å². The predicted octanol–water partition coefficient (Wildman–Crippen LogP) is 2.07. The molecule has 2 atom stereocenters. The summed E-state index contributed by atoms with van der Waals surface area (Å²) in [7, 11) is 1.30. The van der Waals surface area contributed by atoms with Crippen molar-refractivity contribution in [3.05, 3.63) is 23.3 Å². The molecule has 124 valence electrons. The average molecular weight is 310 g/mol. The first-order chi connectivity index (χ1) is 10.5. The number of aliphatic hydroxyl groups is 2. The highest BCUT2D eigenvalue weighted by atomic mass is 16.5. The molecule has 2 unspecified atom stereocenters. The Labute approximate surface area is 131 Å². The number of esters is 1. The van der Waals surface area contributed by atoms with Crippen molar-refractivity contribution in [2.45, 2.75) is 64.1 Å². The van der Waals surface area contributed by atoms with Crippen molar-refractivity contribution < 1.29 is 24.5 Å². The molecule has 1 aliphatic rings. The average Bonchev–Trinajstić information content (AvgIpc) is 2.76. The first-order valence-corrected chi connectivity index (χ1v) is 7.87. The largest absolute Gasteiger partial charge is 0.469 e. The van der Waals surface area contributed by atoms with E-state index < -0.39 is 12.2 Å². The summed E-state index contributed by atoms with van der Waals surface area (Å²) in [5.74, 6) is -0.527. The quantitative estimate of drug-likeness (QED) is 0.503. The van der Waals surface area contributed by atoms with Gasteiger partial charge in [-0.15, -0.1) is 0 Å². The Morgan fingerprint density at radius 3 is 2.82 bits per heavy atom. The highest BCUT2D eigenvalue weighted by Gasteiger charge is 2.29. The molecule has 0 heterocycles. The van der Waals surface area contributed by atoms with Gasteiger partial charge in [0, 0.05) is 18.4 Å². The fourth-order valence-corrected chi connectivity index (χ4v) is 2.51. The lowest BCUT2D eigenvalue weighted by atomic mass is 10.0. The van der Waals surface area contributed by atoms with Crippen molar-refractivity contribution in [3.63, 3.8) is 0 Å². The third-order valence-electron chi connectivity index (χ3n) is 3.83. The zero-order valence-electron chi connectivity index (χ0n) is 13.4. The molecule has 0 aliphatic heterocycles. The number of carbonyl (C=O) groups excluding carboxylic acids is 2. The molecule has 0 aromatic rings. The molecule has 0 amide bonds. The number of ether oxygens (including phenoxy) is 1. The van der Waals surface area contributed by atoms with Crippen LogP contribution in [-0.2, 0) is 14.3 Å². The van der Waals surface area contributed by atoms with E-state index in [2.05, 4.69) is 11.7 Å². The Balaban J connectivity index is 2.70. The molecule has 0 radical (unpaired) electrons. The molecule has 1 aliphatic carbocycles. The summed E-state index contributed by atoms with van der Waals surface area (Å²) >= 11 is 0. The van der Waals surface area contributed by atoms with Crippen molar-refractivity contribution in [1.82, 2.24) is 0 Å². The number of unbranched alkanes of at least 4 members (excludes halogenated alkanes) is 2. The number of allylic oxidation sites excluding steroid dienone is 1. The third kappa shape index (κ3) is 5.73. The SMILES string of the molecule is CCCCCC(O)C=CC1=C(CCC(=O)OC)C(=O)CC1O. The predicted molar refractivity (Wildman–Crippen MR) is 83.2 cm³/mol. The van der Waals surface area contributed by atoms with Gasteiger partial charge in [0.05, 0.1) is 19.3 Å². The van der Waals surface area contributed by atoms with Crippen LogP contribution in [0.4, 0.5) is 0 Å². The maximum atomic E-state index is 11.9. The van der Waals surface area contributed by atoms with Crippen LogP contribution in [0.1, 0.15) is 51.9 Å². The number of hydrogen-bond donors (Lipinski definition) is 2. The summed E-state index contributed by atoms with van der Waals surface area (Å²) in [5, 5.41) is 19.8. The van der Waals surface area contributed by atoms with E-state index in [1.54, 1.807) is 12.2 Å². The zero-order chi connectivity index (χ0) is 16.5. The summed E-state index contributed by atoms with van der Waals surface area (Å²) in [6.45, 7) is 2.10. The van der Waals surface area contributed by atoms with Crippen molar-refractivity contribution >= 4 is 11.8 Å². The highest BCUT2D eigenvalue weighted by Crippen LogP contribution is 2.28. The van der Waals surface area contributed by atoms with Crippen LogP contribution < -0.4 is 0 Å². The minimum absolute atomic E-state index is 0.0438. The van der Waals surface area contributed by atoms with Crippen LogP contribution in [-0.4, -0.2) is 41.3 Å². The number of Topliss-reactive ketones (excluding diaryl/α,β-unsaturated/α-hetero) is 1. The van der Waals surface area contributed by atoms with Crippen LogP contribution in [0.5, 0.6) is 0 Å². The van der Waals surface area contributed by atoms with Gasteiger partial charge in [0.1, 0.15) is 0 Å². The van der Waals surface area contributed by atoms with E-state index in [1.165, 1.54) is 7.11 Å². The molecule has 2 N–H and O–H groups in total. The van der Waals surface area contributed by atoms with Crippen LogP contribution in [0.3, 0.4) is 0 Å². The Morgan fingerprint density at radius 2 is 2.18 bits per heavy atom. The van der Waals surface area contributed by atoms with Gasteiger partial charge in [-0.1, -0.05) is 38.3 Å². The Hall–Kier alpha value is -1.46. The summed E-state index contributed by atoms with van der Waals surface area (Å²) in [6.07, 6.45) is 5.99. The van der Waals surface area contributed by atoms with Crippen molar-refractivity contribution in [1.29, 1.82) is 0 Å². The number of methoxy groups -OCH3 is 1. The van der Waals surface area contributed by atoms with Gasteiger partial charge in [0.15, 0.2) is 5.78 Å². The Kier molecular flexibility index (Phi) is 8.06. The maximum Gasteiger partial charge on any atom is 0.305 e. The van der Waals surface area contributed by atoms with Crippen LogP contribution in [0.2, 0.25) is 0 Å².